The molecule has 0 unspecified atom stereocenters. The molecule has 0 amide bonds. The number of anilines is 1. The minimum atomic E-state index is 0.756. The summed E-state index contributed by atoms with van der Waals surface area (Å²) < 4.78 is 4.99. The molecule has 3 nitrogen and oxygen atoms in total. The van der Waals surface area contributed by atoms with Gasteiger partial charge in [-0.15, -0.1) is 11.8 Å². The van der Waals surface area contributed by atoms with E-state index in [-0.39, 0.29) is 0 Å². The van der Waals surface area contributed by atoms with E-state index < -0.39 is 0 Å². The second-order valence-corrected chi connectivity index (χ2v) is 7.84. The third-order valence-corrected chi connectivity index (χ3v) is 5.80. The van der Waals surface area contributed by atoms with E-state index in [9.17, 15) is 0 Å². The molecule has 0 saturated heterocycles. The van der Waals surface area contributed by atoms with Crippen LogP contribution in [-0.2, 0) is 4.18 Å². The highest BCUT2D eigenvalue weighted by Crippen LogP contribution is 2.26. The Balaban J connectivity index is 1.61. The summed E-state index contributed by atoms with van der Waals surface area (Å²) in [6.45, 7) is 0.912. The highest BCUT2D eigenvalue weighted by atomic mass is 35.5. The predicted molar refractivity (Wildman–Crippen MR) is 107 cm³/mol. The van der Waals surface area contributed by atoms with E-state index in [2.05, 4.69) is 29.3 Å². The van der Waals surface area contributed by atoms with Gasteiger partial charge in [-0.1, -0.05) is 23.7 Å². The summed E-state index contributed by atoms with van der Waals surface area (Å²) in [5, 5.41) is 7.58. The van der Waals surface area contributed by atoms with Gasteiger partial charge in [-0.25, -0.2) is 0 Å². The van der Waals surface area contributed by atoms with Crippen LogP contribution in [0.4, 0.5) is 5.69 Å². The minimum Gasteiger partial charge on any atom is -0.319 e. The maximum Gasteiger partial charge on any atom is 0.0700 e. The summed E-state index contributed by atoms with van der Waals surface area (Å²) in [6.07, 6.45) is 0.951. The zero-order chi connectivity index (χ0) is 16.8. The van der Waals surface area contributed by atoms with Gasteiger partial charge < -0.3 is 4.18 Å². The first-order valence-corrected chi connectivity index (χ1v) is 10.0. The van der Waals surface area contributed by atoms with Crippen LogP contribution < -0.4 is 5.01 Å². The van der Waals surface area contributed by atoms with Crippen molar-refractivity contribution in [1.29, 1.82) is 0 Å². The zero-order valence-corrected chi connectivity index (χ0v) is 15.8. The second kappa shape index (κ2) is 8.81. The van der Waals surface area contributed by atoms with Crippen molar-refractivity contribution in [2.24, 2.45) is 5.10 Å². The van der Waals surface area contributed by atoms with Gasteiger partial charge in [-0.2, -0.15) is 5.10 Å². The van der Waals surface area contributed by atoms with Crippen molar-refractivity contribution in [3.05, 3.63) is 59.1 Å². The number of thioether (sulfide) groups is 1. The first-order valence-electron chi connectivity index (χ1n) is 7.76. The molecule has 0 N–H and O–H groups in total. The Kier molecular flexibility index (Phi) is 6.49. The fourth-order valence-electron chi connectivity index (χ4n) is 2.48. The maximum atomic E-state index is 5.95. The summed E-state index contributed by atoms with van der Waals surface area (Å²) in [5.41, 5.74) is 3.39. The Morgan fingerprint density at radius 1 is 1.08 bits per heavy atom. The van der Waals surface area contributed by atoms with Crippen LogP contribution in [0.5, 0.6) is 0 Å². The van der Waals surface area contributed by atoms with Gasteiger partial charge in [0.25, 0.3) is 0 Å². The number of hydrazone groups is 1. The lowest BCUT2D eigenvalue weighted by Crippen LogP contribution is -2.11. The Morgan fingerprint density at radius 3 is 2.54 bits per heavy atom. The molecule has 0 bridgehead atoms. The van der Waals surface area contributed by atoms with Crippen molar-refractivity contribution in [2.45, 2.75) is 11.3 Å². The molecule has 0 aliphatic carbocycles. The van der Waals surface area contributed by atoms with Crippen molar-refractivity contribution in [3.8, 4) is 0 Å². The van der Waals surface area contributed by atoms with Gasteiger partial charge in [-0.05, 0) is 54.0 Å². The van der Waals surface area contributed by atoms with Gasteiger partial charge in [0.15, 0.2) is 0 Å². The number of benzene rings is 2. The molecule has 0 saturated carbocycles. The molecule has 2 aromatic carbocycles. The maximum absolute atomic E-state index is 5.95. The molecule has 2 aromatic rings. The second-order valence-electron chi connectivity index (χ2n) is 5.26. The number of rotatable bonds is 7. The molecule has 3 rings (SSSR count). The van der Waals surface area contributed by atoms with E-state index in [0.717, 1.165) is 46.5 Å². The van der Waals surface area contributed by atoms with Crippen molar-refractivity contribution in [2.75, 3.05) is 30.2 Å². The summed E-state index contributed by atoms with van der Waals surface area (Å²) in [4.78, 5) is 1.27. The number of hydrogen-bond acceptors (Lipinski definition) is 5. The van der Waals surface area contributed by atoms with E-state index in [0.29, 0.717) is 0 Å². The van der Waals surface area contributed by atoms with Crippen LogP contribution in [0, 0.1) is 0 Å². The van der Waals surface area contributed by atoms with Gasteiger partial charge in [-0.3, -0.25) is 5.01 Å². The molecular formula is C18H19ClN2OS2. The minimum absolute atomic E-state index is 0.756. The fourth-order valence-corrected chi connectivity index (χ4v) is 3.94. The van der Waals surface area contributed by atoms with Gasteiger partial charge >= 0.3 is 0 Å². The van der Waals surface area contributed by atoms with Crippen LogP contribution in [0.3, 0.4) is 0 Å². The van der Waals surface area contributed by atoms with E-state index in [4.69, 9.17) is 20.9 Å². The summed E-state index contributed by atoms with van der Waals surface area (Å²) in [6, 6.07) is 16.5. The number of nitrogens with zero attached hydrogens (tertiary/aromatic N) is 2. The molecule has 0 fully saturated rings. The lowest BCUT2D eigenvalue weighted by molar-refractivity contribution is 0.490. The molecule has 0 radical (unpaired) electrons. The van der Waals surface area contributed by atoms with E-state index in [1.54, 1.807) is 7.11 Å². The Bertz CT molecular complexity index is 689. The normalized spacial score (nSPS) is 14.1. The van der Waals surface area contributed by atoms with Crippen LogP contribution in [0.2, 0.25) is 5.02 Å². The molecule has 24 heavy (non-hydrogen) atoms. The Hall–Kier alpha value is -1.14. The zero-order valence-electron chi connectivity index (χ0n) is 13.4. The Labute approximate surface area is 156 Å². The van der Waals surface area contributed by atoms with Crippen LogP contribution >= 0.6 is 35.4 Å². The quantitative estimate of drug-likeness (QED) is 0.368. The lowest BCUT2D eigenvalue weighted by Gasteiger charge is -2.13. The van der Waals surface area contributed by atoms with Crippen LogP contribution in [-0.4, -0.2) is 30.9 Å². The molecule has 1 aliphatic heterocycles. The van der Waals surface area contributed by atoms with Crippen molar-refractivity contribution in [3.63, 3.8) is 0 Å². The Morgan fingerprint density at radius 2 is 1.83 bits per heavy atom. The monoisotopic (exact) mass is 378 g/mol. The summed E-state index contributed by atoms with van der Waals surface area (Å²) in [5.74, 6) is 2.03. The molecule has 0 atom stereocenters. The van der Waals surface area contributed by atoms with Crippen molar-refractivity contribution in [1.82, 2.24) is 0 Å². The third kappa shape index (κ3) is 4.70. The van der Waals surface area contributed by atoms with E-state index >= 15 is 0 Å². The highest BCUT2D eigenvalue weighted by molar-refractivity contribution is 8.01. The van der Waals surface area contributed by atoms with Crippen molar-refractivity contribution >= 4 is 46.8 Å². The third-order valence-electron chi connectivity index (χ3n) is 3.67. The number of halogens is 1. The number of hydrogen-bond donors (Lipinski definition) is 0. The lowest BCUT2D eigenvalue weighted by atomic mass is 10.1. The van der Waals surface area contributed by atoms with Crippen LogP contribution in [0.1, 0.15) is 12.0 Å². The average molecular weight is 379 g/mol. The fraction of sp³-hybridized carbons (Fsp3) is 0.278. The van der Waals surface area contributed by atoms with Crippen LogP contribution in [0.15, 0.2) is 58.5 Å². The predicted octanol–water partition coefficient (Wildman–Crippen LogP) is 5.34. The highest BCUT2D eigenvalue weighted by Gasteiger charge is 2.17. The molecule has 0 aromatic heterocycles. The van der Waals surface area contributed by atoms with Gasteiger partial charge in [0, 0.05) is 34.4 Å². The molecular weight excluding hydrogens is 360 g/mol. The van der Waals surface area contributed by atoms with Gasteiger partial charge in [0.05, 0.1) is 18.5 Å². The van der Waals surface area contributed by atoms with E-state index in [1.807, 2.05) is 36.0 Å². The first kappa shape index (κ1) is 17.7. The van der Waals surface area contributed by atoms with Gasteiger partial charge in [0.1, 0.15) is 0 Å². The average Bonchev–Trinajstić information content (AvgIpc) is 3.10. The molecule has 1 heterocycles. The molecule has 0 spiro atoms. The van der Waals surface area contributed by atoms with E-state index in [1.165, 1.54) is 16.9 Å². The molecule has 126 valence electrons. The smallest absolute Gasteiger partial charge is 0.0700 e. The molecule has 6 heteroatoms. The first-order chi connectivity index (χ1) is 11.8. The summed E-state index contributed by atoms with van der Waals surface area (Å²) >= 11 is 9.29. The topological polar surface area (TPSA) is 24.8 Å². The van der Waals surface area contributed by atoms with Gasteiger partial charge in [0.2, 0.25) is 0 Å². The van der Waals surface area contributed by atoms with Crippen LogP contribution in [0.25, 0.3) is 0 Å². The van der Waals surface area contributed by atoms with Crippen molar-refractivity contribution < 1.29 is 4.18 Å². The standard InChI is InChI=1S/C18H19ClN2OS2/c1-22-24-13-12-23-17-8-6-16(7-9-17)21-11-10-18(20-21)14-2-4-15(19)5-3-14/h2-9H,10-13H2,1H3. The largest absolute Gasteiger partial charge is 0.319 e. The SMILES string of the molecule is COSCCSc1ccc(N2CCC(c3ccc(Cl)cc3)=N2)cc1. The summed E-state index contributed by atoms with van der Waals surface area (Å²) in [7, 11) is 1.71. The molecule has 1 aliphatic rings.